The zero-order valence-corrected chi connectivity index (χ0v) is 13.2. The van der Waals surface area contributed by atoms with Gasteiger partial charge in [0.1, 0.15) is 11.2 Å². The molecule has 0 aromatic carbocycles. The van der Waals surface area contributed by atoms with Gasteiger partial charge in [0.05, 0.1) is 0 Å². The van der Waals surface area contributed by atoms with Gasteiger partial charge in [0.2, 0.25) is 5.28 Å². The quantitative estimate of drug-likeness (QED) is 0.751. The normalized spacial score (nSPS) is 20.6. The highest BCUT2D eigenvalue weighted by atomic mass is 35.5. The number of sulfone groups is 1. The second-order valence-electron chi connectivity index (χ2n) is 4.43. The molecule has 0 N–H and O–H groups in total. The molecule has 0 bridgehead atoms. The third-order valence-electron chi connectivity index (χ3n) is 2.85. The summed E-state index contributed by atoms with van der Waals surface area (Å²) in [5.74, 6) is 0.731. The van der Waals surface area contributed by atoms with Gasteiger partial charge in [-0.2, -0.15) is 24.9 Å². The maximum absolute atomic E-state index is 12.8. The maximum atomic E-state index is 12.8. The van der Waals surface area contributed by atoms with Gasteiger partial charge in [-0.3, -0.25) is 0 Å². The van der Waals surface area contributed by atoms with E-state index in [-0.39, 0.29) is 18.1 Å². The SMILES string of the molecule is CS(=O)(=O)C1CSCCN1c1cc(C(F)(F)F)nc(Cl)n1. The predicted octanol–water partition coefficient (Wildman–Crippen LogP) is 2.07. The Hall–Kier alpha value is -0.740. The minimum atomic E-state index is -4.67. The first-order valence-electron chi connectivity index (χ1n) is 5.74. The fraction of sp³-hybridized carbons (Fsp3) is 0.600. The summed E-state index contributed by atoms with van der Waals surface area (Å²) in [4.78, 5) is 8.20. The summed E-state index contributed by atoms with van der Waals surface area (Å²) < 4.78 is 61.8. The monoisotopic (exact) mass is 361 g/mol. The number of thioether (sulfide) groups is 1. The van der Waals surface area contributed by atoms with Gasteiger partial charge in [-0.1, -0.05) is 0 Å². The maximum Gasteiger partial charge on any atom is 0.433 e. The molecule has 1 aromatic rings. The van der Waals surface area contributed by atoms with Crippen LogP contribution in [0.4, 0.5) is 19.0 Å². The second kappa shape index (κ2) is 5.81. The Morgan fingerprint density at radius 2 is 2.10 bits per heavy atom. The van der Waals surface area contributed by atoms with Crippen molar-refractivity contribution in [2.75, 3.05) is 29.2 Å². The number of nitrogens with zero attached hydrogens (tertiary/aromatic N) is 3. The van der Waals surface area contributed by atoms with Gasteiger partial charge < -0.3 is 4.90 Å². The number of aromatic nitrogens is 2. The molecule has 1 fully saturated rings. The van der Waals surface area contributed by atoms with Gasteiger partial charge in [-0.25, -0.2) is 18.4 Å². The van der Waals surface area contributed by atoms with Crippen LogP contribution in [0.25, 0.3) is 0 Å². The zero-order chi connectivity index (χ0) is 15.8. The topological polar surface area (TPSA) is 63.2 Å². The van der Waals surface area contributed by atoms with E-state index in [1.807, 2.05) is 0 Å². The van der Waals surface area contributed by atoms with E-state index in [9.17, 15) is 21.6 Å². The molecular weight excluding hydrogens is 351 g/mol. The number of rotatable bonds is 2. The molecule has 2 heterocycles. The standard InChI is InChI=1S/C10H11ClF3N3O2S2/c1-21(18,19)8-5-20-3-2-17(8)7-4-6(10(12,13)14)15-9(11)16-7/h4,8H,2-3,5H2,1H3. The van der Waals surface area contributed by atoms with Crippen LogP contribution in [0.2, 0.25) is 5.28 Å². The number of alkyl halides is 3. The molecular formula is C10H11ClF3N3O2S2. The fourth-order valence-corrected chi connectivity index (χ4v) is 4.90. The summed E-state index contributed by atoms with van der Waals surface area (Å²) in [6.45, 7) is 0.271. The lowest BCUT2D eigenvalue weighted by atomic mass is 10.3. The Kier molecular flexibility index (Phi) is 4.60. The van der Waals surface area contributed by atoms with Crippen molar-refractivity contribution in [3.8, 4) is 0 Å². The van der Waals surface area contributed by atoms with Crippen LogP contribution in [-0.2, 0) is 16.0 Å². The first-order chi connectivity index (χ1) is 9.59. The van der Waals surface area contributed by atoms with Crippen molar-refractivity contribution in [1.82, 2.24) is 9.97 Å². The fourth-order valence-electron chi connectivity index (χ4n) is 1.90. The van der Waals surface area contributed by atoms with Crippen LogP contribution in [0, 0.1) is 0 Å². The number of halogens is 4. The van der Waals surface area contributed by atoms with Crippen LogP contribution < -0.4 is 4.90 Å². The smallest absolute Gasteiger partial charge is 0.338 e. The summed E-state index contributed by atoms with van der Waals surface area (Å²) in [6.07, 6.45) is -3.63. The van der Waals surface area contributed by atoms with Gasteiger partial charge >= 0.3 is 6.18 Å². The van der Waals surface area contributed by atoms with E-state index in [0.29, 0.717) is 5.75 Å². The lowest BCUT2D eigenvalue weighted by Gasteiger charge is -2.35. The van der Waals surface area contributed by atoms with Gasteiger partial charge in [-0.05, 0) is 11.6 Å². The molecule has 21 heavy (non-hydrogen) atoms. The summed E-state index contributed by atoms with van der Waals surface area (Å²) in [5, 5.41) is -1.49. The molecule has 1 saturated heterocycles. The molecule has 0 spiro atoms. The van der Waals surface area contributed by atoms with Crippen LogP contribution in [-0.4, -0.2) is 48.1 Å². The van der Waals surface area contributed by atoms with Crippen molar-refractivity contribution >= 4 is 39.0 Å². The van der Waals surface area contributed by atoms with Crippen molar-refractivity contribution in [3.05, 3.63) is 17.0 Å². The first kappa shape index (κ1) is 16.6. The Morgan fingerprint density at radius 3 is 2.67 bits per heavy atom. The highest BCUT2D eigenvalue weighted by molar-refractivity contribution is 8.01. The average Bonchev–Trinajstić information content (AvgIpc) is 2.36. The Balaban J connectivity index is 2.46. The van der Waals surface area contributed by atoms with E-state index in [4.69, 9.17) is 11.6 Å². The van der Waals surface area contributed by atoms with E-state index >= 15 is 0 Å². The predicted molar refractivity (Wildman–Crippen MR) is 75.3 cm³/mol. The van der Waals surface area contributed by atoms with Crippen molar-refractivity contribution < 1.29 is 21.6 Å². The van der Waals surface area contributed by atoms with Gasteiger partial charge in [0, 0.05) is 30.4 Å². The second-order valence-corrected chi connectivity index (χ2v) is 8.12. The molecule has 0 saturated carbocycles. The largest absolute Gasteiger partial charge is 0.433 e. The van der Waals surface area contributed by atoms with Gasteiger partial charge in [0.25, 0.3) is 0 Å². The molecule has 1 atom stereocenters. The van der Waals surface area contributed by atoms with Crippen molar-refractivity contribution in [3.63, 3.8) is 0 Å². The van der Waals surface area contributed by atoms with Crippen molar-refractivity contribution in [1.29, 1.82) is 0 Å². The third-order valence-corrected chi connectivity index (χ3v) is 5.66. The van der Waals surface area contributed by atoms with Crippen molar-refractivity contribution in [2.24, 2.45) is 0 Å². The highest BCUT2D eigenvalue weighted by Gasteiger charge is 2.37. The number of hydrogen-bond acceptors (Lipinski definition) is 6. The zero-order valence-electron chi connectivity index (χ0n) is 10.8. The molecule has 1 aliphatic rings. The molecule has 1 aromatic heterocycles. The Labute approximate surface area is 128 Å². The lowest BCUT2D eigenvalue weighted by Crippen LogP contribution is -2.47. The highest BCUT2D eigenvalue weighted by Crippen LogP contribution is 2.32. The van der Waals surface area contributed by atoms with E-state index in [0.717, 1.165) is 12.3 Å². The molecule has 1 aliphatic heterocycles. The van der Waals surface area contributed by atoms with E-state index in [1.165, 1.54) is 16.7 Å². The van der Waals surface area contributed by atoms with Gasteiger partial charge in [0.15, 0.2) is 15.5 Å². The molecule has 1 unspecified atom stereocenters. The molecule has 11 heteroatoms. The van der Waals surface area contributed by atoms with Crippen LogP contribution in [0.3, 0.4) is 0 Å². The van der Waals surface area contributed by atoms with E-state index < -0.39 is 32.4 Å². The van der Waals surface area contributed by atoms with Crippen LogP contribution in [0.1, 0.15) is 5.69 Å². The van der Waals surface area contributed by atoms with E-state index in [2.05, 4.69) is 9.97 Å². The molecule has 5 nitrogen and oxygen atoms in total. The Morgan fingerprint density at radius 1 is 1.43 bits per heavy atom. The van der Waals surface area contributed by atoms with Crippen molar-refractivity contribution in [2.45, 2.75) is 11.6 Å². The minimum absolute atomic E-state index is 0.127. The van der Waals surface area contributed by atoms with Crippen LogP contribution >= 0.6 is 23.4 Å². The number of hydrogen-bond donors (Lipinski definition) is 0. The summed E-state index contributed by atoms with van der Waals surface area (Å²) >= 11 is 6.96. The lowest BCUT2D eigenvalue weighted by molar-refractivity contribution is -0.141. The summed E-state index contributed by atoms with van der Waals surface area (Å²) in [6, 6.07) is 0.722. The Bertz CT molecular complexity index is 639. The minimum Gasteiger partial charge on any atom is -0.338 e. The average molecular weight is 362 g/mol. The van der Waals surface area contributed by atoms with Gasteiger partial charge in [-0.15, -0.1) is 0 Å². The number of anilines is 1. The molecule has 0 aliphatic carbocycles. The molecule has 0 amide bonds. The first-order valence-corrected chi connectivity index (χ1v) is 9.23. The molecule has 0 radical (unpaired) electrons. The molecule has 118 valence electrons. The third kappa shape index (κ3) is 3.92. The van der Waals surface area contributed by atoms with Crippen LogP contribution in [0.5, 0.6) is 0 Å². The van der Waals surface area contributed by atoms with E-state index in [1.54, 1.807) is 0 Å². The van der Waals surface area contributed by atoms with Crippen LogP contribution in [0.15, 0.2) is 6.07 Å². The summed E-state index contributed by atoms with van der Waals surface area (Å²) in [5.41, 5.74) is -1.19. The summed E-state index contributed by atoms with van der Waals surface area (Å²) in [7, 11) is -3.46. The molecule has 2 rings (SSSR count).